The first-order chi connectivity index (χ1) is 6.22. The van der Waals surface area contributed by atoms with Crippen LogP contribution in [-0.4, -0.2) is 37.8 Å². The third kappa shape index (κ3) is 7.35. The Kier molecular flexibility index (Phi) is 9.03. The molecular formula is C10H23NOS. The number of rotatable bonds is 8. The number of methoxy groups -OCH3 is 1. The van der Waals surface area contributed by atoms with Crippen molar-refractivity contribution in [2.45, 2.75) is 26.8 Å². The second-order valence-electron chi connectivity index (χ2n) is 3.48. The molecule has 0 saturated heterocycles. The molecule has 0 aromatic heterocycles. The zero-order chi connectivity index (χ0) is 10.1. The summed E-state index contributed by atoms with van der Waals surface area (Å²) in [6.45, 7) is 8.62. The minimum atomic E-state index is 0.645. The highest BCUT2D eigenvalue weighted by atomic mass is 32.2. The average Bonchev–Trinajstić information content (AvgIpc) is 2.10. The van der Waals surface area contributed by atoms with Gasteiger partial charge in [0, 0.05) is 24.7 Å². The van der Waals surface area contributed by atoms with E-state index in [0.29, 0.717) is 6.04 Å². The van der Waals surface area contributed by atoms with Gasteiger partial charge in [0.25, 0.3) is 0 Å². The van der Waals surface area contributed by atoms with E-state index in [4.69, 9.17) is 4.74 Å². The van der Waals surface area contributed by atoms with E-state index >= 15 is 0 Å². The van der Waals surface area contributed by atoms with Gasteiger partial charge in [0.1, 0.15) is 0 Å². The molecule has 0 radical (unpaired) electrons. The molecule has 0 bridgehead atoms. The van der Waals surface area contributed by atoms with Crippen LogP contribution in [-0.2, 0) is 4.74 Å². The molecule has 0 aromatic rings. The molecule has 1 atom stereocenters. The SMILES string of the molecule is CCNC(CSCCOC)C(C)C. The molecule has 1 N–H and O–H groups in total. The first kappa shape index (κ1) is 13.3. The van der Waals surface area contributed by atoms with Gasteiger partial charge in [-0.1, -0.05) is 20.8 Å². The first-order valence-electron chi connectivity index (χ1n) is 5.02. The number of ether oxygens (including phenoxy) is 1. The number of nitrogens with one attached hydrogen (secondary N) is 1. The van der Waals surface area contributed by atoms with Crippen molar-refractivity contribution in [3.05, 3.63) is 0 Å². The summed E-state index contributed by atoms with van der Waals surface area (Å²) in [5.41, 5.74) is 0. The van der Waals surface area contributed by atoms with Gasteiger partial charge in [0.15, 0.2) is 0 Å². The van der Waals surface area contributed by atoms with Gasteiger partial charge in [-0.25, -0.2) is 0 Å². The second-order valence-corrected chi connectivity index (χ2v) is 4.63. The molecule has 13 heavy (non-hydrogen) atoms. The fourth-order valence-electron chi connectivity index (χ4n) is 1.10. The molecule has 80 valence electrons. The maximum Gasteiger partial charge on any atom is 0.0552 e. The lowest BCUT2D eigenvalue weighted by Gasteiger charge is -2.21. The Morgan fingerprint density at radius 3 is 2.54 bits per heavy atom. The predicted molar refractivity (Wildman–Crippen MR) is 61.5 cm³/mol. The summed E-state index contributed by atoms with van der Waals surface area (Å²) in [7, 11) is 1.75. The lowest BCUT2D eigenvalue weighted by atomic mass is 10.1. The van der Waals surface area contributed by atoms with Gasteiger partial charge in [0.2, 0.25) is 0 Å². The van der Waals surface area contributed by atoms with Crippen LogP contribution in [0.3, 0.4) is 0 Å². The van der Waals surface area contributed by atoms with E-state index in [1.54, 1.807) is 7.11 Å². The van der Waals surface area contributed by atoms with E-state index in [2.05, 4.69) is 26.1 Å². The number of thioether (sulfide) groups is 1. The highest BCUT2D eigenvalue weighted by Crippen LogP contribution is 2.09. The predicted octanol–water partition coefficient (Wildman–Crippen LogP) is 2.00. The van der Waals surface area contributed by atoms with Crippen molar-refractivity contribution in [2.75, 3.05) is 31.8 Å². The molecule has 0 aliphatic heterocycles. The fourth-order valence-corrected chi connectivity index (χ4v) is 2.31. The lowest BCUT2D eigenvalue weighted by molar-refractivity contribution is 0.218. The molecule has 0 heterocycles. The maximum absolute atomic E-state index is 5.00. The fraction of sp³-hybridized carbons (Fsp3) is 1.00. The van der Waals surface area contributed by atoms with Crippen molar-refractivity contribution in [1.29, 1.82) is 0 Å². The van der Waals surface area contributed by atoms with Gasteiger partial charge in [0.05, 0.1) is 6.61 Å². The molecule has 1 unspecified atom stereocenters. The van der Waals surface area contributed by atoms with Crippen LogP contribution in [0.5, 0.6) is 0 Å². The van der Waals surface area contributed by atoms with Crippen molar-refractivity contribution in [2.24, 2.45) is 5.92 Å². The van der Waals surface area contributed by atoms with E-state index in [0.717, 1.165) is 24.8 Å². The average molecular weight is 205 g/mol. The van der Waals surface area contributed by atoms with Gasteiger partial charge in [-0.3, -0.25) is 0 Å². The molecule has 0 fully saturated rings. The van der Waals surface area contributed by atoms with E-state index < -0.39 is 0 Å². The topological polar surface area (TPSA) is 21.3 Å². The lowest BCUT2D eigenvalue weighted by Crippen LogP contribution is -2.36. The zero-order valence-electron chi connectivity index (χ0n) is 9.30. The molecule has 0 spiro atoms. The standard InChI is InChI=1S/C10H23NOS/c1-5-11-10(9(2)3)8-13-7-6-12-4/h9-11H,5-8H2,1-4H3. The van der Waals surface area contributed by atoms with E-state index in [-0.39, 0.29) is 0 Å². The minimum absolute atomic E-state index is 0.645. The Morgan fingerprint density at radius 1 is 1.38 bits per heavy atom. The minimum Gasteiger partial charge on any atom is -0.384 e. The van der Waals surface area contributed by atoms with Gasteiger partial charge >= 0.3 is 0 Å². The summed E-state index contributed by atoms with van der Waals surface area (Å²) in [6.07, 6.45) is 0. The van der Waals surface area contributed by atoms with Crippen molar-refractivity contribution in [3.8, 4) is 0 Å². The van der Waals surface area contributed by atoms with Crippen LogP contribution < -0.4 is 5.32 Å². The molecule has 0 aliphatic carbocycles. The van der Waals surface area contributed by atoms with Crippen molar-refractivity contribution >= 4 is 11.8 Å². The first-order valence-corrected chi connectivity index (χ1v) is 6.17. The largest absolute Gasteiger partial charge is 0.384 e. The van der Waals surface area contributed by atoms with Gasteiger partial charge in [-0.05, 0) is 12.5 Å². The van der Waals surface area contributed by atoms with Gasteiger partial charge < -0.3 is 10.1 Å². The van der Waals surface area contributed by atoms with Crippen molar-refractivity contribution in [3.63, 3.8) is 0 Å². The van der Waals surface area contributed by atoms with Crippen molar-refractivity contribution < 1.29 is 4.74 Å². The van der Waals surface area contributed by atoms with Crippen LogP contribution in [0.1, 0.15) is 20.8 Å². The molecular weight excluding hydrogens is 182 g/mol. The van der Waals surface area contributed by atoms with Crippen molar-refractivity contribution in [1.82, 2.24) is 5.32 Å². The van der Waals surface area contributed by atoms with Crippen LogP contribution in [0.15, 0.2) is 0 Å². The van der Waals surface area contributed by atoms with E-state index in [1.807, 2.05) is 11.8 Å². The highest BCUT2D eigenvalue weighted by molar-refractivity contribution is 7.99. The van der Waals surface area contributed by atoms with E-state index in [9.17, 15) is 0 Å². The van der Waals surface area contributed by atoms with Crippen LogP contribution in [0.2, 0.25) is 0 Å². The summed E-state index contributed by atoms with van der Waals surface area (Å²) < 4.78 is 5.00. The molecule has 0 aromatic carbocycles. The third-order valence-electron chi connectivity index (χ3n) is 2.00. The molecule has 3 heteroatoms. The zero-order valence-corrected chi connectivity index (χ0v) is 10.1. The Labute approximate surface area is 86.8 Å². The highest BCUT2D eigenvalue weighted by Gasteiger charge is 2.10. The number of hydrogen-bond donors (Lipinski definition) is 1. The van der Waals surface area contributed by atoms with E-state index in [1.165, 1.54) is 5.75 Å². The quantitative estimate of drug-likeness (QED) is 0.612. The van der Waals surface area contributed by atoms with Crippen LogP contribution in [0.4, 0.5) is 0 Å². The summed E-state index contributed by atoms with van der Waals surface area (Å²) in [6, 6.07) is 0.645. The van der Waals surface area contributed by atoms with Crippen LogP contribution >= 0.6 is 11.8 Å². The molecule has 0 saturated carbocycles. The van der Waals surface area contributed by atoms with Gasteiger partial charge in [-0.2, -0.15) is 11.8 Å². The Balaban J connectivity index is 3.45. The maximum atomic E-state index is 5.00. The third-order valence-corrected chi connectivity index (χ3v) is 3.05. The van der Waals surface area contributed by atoms with Crippen LogP contribution in [0, 0.1) is 5.92 Å². The number of hydrogen-bond acceptors (Lipinski definition) is 3. The Bertz CT molecular complexity index is 109. The normalized spacial score (nSPS) is 13.6. The Morgan fingerprint density at radius 2 is 2.08 bits per heavy atom. The van der Waals surface area contributed by atoms with Gasteiger partial charge in [-0.15, -0.1) is 0 Å². The smallest absolute Gasteiger partial charge is 0.0552 e. The second kappa shape index (κ2) is 8.85. The molecule has 0 amide bonds. The molecule has 0 aliphatic rings. The summed E-state index contributed by atoms with van der Waals surface area (Å²) in [4.78, 5) is 0. The van der Waals surface area contributed by atoms with Crippen LogP contribution in [0.25, 0.3) is 0 Å². The summed E-state index contributed by atoms with van der Waals surface area (Å²) in [5.74, 6) is 3.01. The molecule has 2 nitrogen and oxygen atoms in total. The Hall–Kier alpha value is 0.270. The molecule has 0 rings (SSSR count). The summed E-state index contributed by atoms with van der Waals surface area (Å²) in [5, 5.41) is 3.50. The monoisotopic (exact) mass is 205 g/mol. The summed E-state index contributed by atoms with van der Waals surface area (Å²) >= 11 is 1.97.